The third-order valence-electron chi connectivity index (χ3n) is 12.7. The fraction of sp³-hybridized carbons (Fsp3) is 0.875. The van der Waals surface area contributed by atoms with Crippen LogP contribution < -0.4 is 5.32 Å². The molecule has 5 heteroatoms. The number of rotatable bonds is 50. The maximum absolute atomic E-state index is 12.5. The molecule has 0 aromatic carbocycles. The molecule has 3 atom stereocenters. The summed E-state index contributed by atoms with van der Waals surface area (Å²) >= 11 is 0. The molecule has 0 bridgehead atoms. The van der Waals surface area contributed by atoms with Crippen LogP contribution in [-0.4, -0.2) is 46.1 Å². The minimum absolute atomic E-state index is 0.380. The average Bonchev–Trinajstić information content (AvgIpc) is 3.26. The first kappa shape index (κ1) is 59.6. The summed E-state index contributed by atoms with van der Waals surface area (Å²) in [6.07, 6.45) is 66.8. The van der Waals surface area contributed by atoms with Crippen molar-refractivity contribution in [2.75, 3.05) is 6.61 Å². The van der Waals surface area contributed by atoms with Gasteiger partial charge in [0.2, 0.25) is 5.91 Å². The first-order valence-corrected chi connectivity index (χ1v) is 27.3. The molecule has 360 valence electrons. The number of carbonyl (C=O) groups is 1. The normalized spacial score (nSPS) is 13.6. The van der Waals surface area contributed by atoms with E-state index in [0.29, 0.717) is 6.42 Å². The van der Waals surface area contributed by atoms with E-state index >= 15 is 0 Å². The van der Waals surface area contributed by atoms with Crippen molar-refractivity contribution in [3.05, 3.63) is 36.5 Å². The smallest absolute Gasteiger partial charge is 0.249 e. The van der Waals surface area contributed by atoms with Gasteiger partial charge in [-0.15, -0.1) is 0 Å². The third-order valence-corrected chi connectivity index (χ3v) is 12.7. The Labute approximate surface area is 381 Å². The summed E-state index contributed by atoms with van der Waals surface area (Å²) in [5.41, 5.74) is 0. The van der Waals surface area contributed by atoms with Gasteiger partial charge in [0.15, 0.2) is 0 Å². The van der Waals surface area contributed by atoms with Crippen LogP contribution in [0.5, 0.6) is 0 Å². The third kappa shape index (κ3) is 46.4. The highest BCUT2D eigenvalue weighted by Gasteiger charge is 2.22. The lowest BCUT2D eigenvalue weighted by Gasteiger charge is -2.21. The largest absolute Gasteiger partial charge is 0.394 e. The zero-order chi connectivity index (χ0) is 44.4. The molecule has 0 spiro atoms. The molecule has 61 heavy (non-hydrogen) atoms. The van der Waals surface area contributed by atoms with E-state index < -0.39 is 24.2 Å². The predicted octanol–water partition coefficient (Wildman–Crippen LogP) is 16.7. The molecule has 0 saturated heterocycles. The van der Waals surface area contributed by atoms with E-state index in [-0.39, 0.29) is 6.61 Å². The van der Waals surface area contributed by atoms with Crippen molar-refractivity contribution in [1.82, 2.24) is 5.32 Å². The minimum Gasteiger partial charge on any atom is -0.394 e. The van der Waals surface area contributed by atoms with Crippen molar-refractivity contribution in [1.29, 1.82) is 0 Å². The molecule has 3 unspecified atom stereocenters. The summed E-state index contributed by atoms with van der Waals surface area (Å²) < 4.78 is 0. The van der Waals surface area contributed by atoms with E-state index in [4.69, 9.17) is 0 Å². The van der Waals surface area contributed by atoms with Crippen molar-refractivity contribution in [3.8, 4) is 0 Å². The molecule has 0 aliphatic rings. The number of allylic oxidation sites excluding steroid dienone is 5. The minimum atomic E-state index is -1.11. The summed E-state index contributed by atoms with van der Waals surface area (Å²) in [6, 6.07) is -0.818. The van der Waals surface area contributed by atoms with Gasteiger partial charge in [0.05, 0.1) is 18.8 Å². The molecule has 0 heterocycles. The topological polar surface area (TPSA) is 89.8 Å². The molecule has 1 amide bonds. The molecule has 0 aliphatic heterocycles. The lowest BCUT2D eigenvalue weighted by Crippen LogP contribution is -2.48. The van der Waals surface area contributed by atoms with Gasteiger partial charge in [-0.05, 0) is 38.5 Å². The highest BCUT2D eigenvalue weighted by molar-refractivity contribution is 5.80. The van der Waals surface area contributed by atoms with Gasteiger partial charge in [0, 0.05) is 0 Å². The highest BCUT2D eigenvalue weighted by Crippen LogP contribution is 2.18. The van der Waals surface area contributed by atoms with Crippen LogP contribution in [0.25, 0.3) is 0 Å². The molecule has 0 radical (unpaired) electrons. The summed E-state index contributed by atoms with van der Waals surface area (Å²) in [5, 5.41) is 33.1. The van der Waals surface area contributed by atoms with Crippen LogP contribution in [0.3, 0.4) is 0 Å². The van der Waals surface area contributed by atoms with E-state index in [0.717, 1.165) is 51.4 Å². The van der Waals surface area contributed by atoms with E-state index in [1.54, 1.807) is 6.08 Å². The first-order valence-electron chi connectivity index (χ1n) is 27.3. The van der Waals surface area contributed by atoms with E-state index in [9.17, 15) is 20.1 Å². The molecule has 4 N–H and O–H groups in total. The molecular formula is C56H107NO4. The monoisotopic (exact) mass is 858 g/mol. The first-order chi connectivity index (χ1) is 30.1. The van der Waals surface area contributed by atoms with Gasteiger partial charge in [0.1, 0.15) is 6.10 Å². The molecule has 0 aromatic heterocycles. The number of hydrogen-bond donors (Lipinski definition) is 4. The van der Waals surface area contributed by atoms with E-state index in [2.05, 4.69) is 43.5 Å². The fourth-order valence-electron chi connectivity index (χ4n) is 8.46. The summed E-state index contributed by atoms with van der Waals surface area (Å²) in [4.78, 5) is 12.5. The second-order valence-corrected chi connectivity index (χ2v) is 18.8. The average molecular weight is 858 g/mol. The number of amides is 1. The zero-order valence-electron chi connectivity index (χ0n) is 41.1. The Morgan fingerprint density at radius 3 is 0.967 bits per heavy atom. The predicted molar refractivity (Wildman–Crippen MR) is 268 cm³/mol. The Bertz CT molecular complexity index is 947. The summed E-state index contributed by atoms with van der Waals surface area (Å²) in [5.74, 6) is -0.515. The van der Waals surface area contributed by atoms with Crippen molar-refractivity contribution < 1.29 is 20.1 Å². The highest BCUT2D eigenvalue weighted by atomic mass is 16.3. The molecule has 0 aromatic rings. The van der Waals surface area contributed by atoms with Crippen molar-refractivity contribution in [2.24, 2.45) is 0 Å². The number of unbranched alkanes of at least 4 members (excludes halogenated alkanes) is 38. The summed E-state index contributed by atoms with van der Waals surface area (Å²) in [6.45, 7) is 4.11. The number of carbonyl (C=O) groups excluding carboxylic acids is 1. The van der Waals surface area contributed by atoms with Crippen LogP contribution >= 0.6 is 0 Å². The molecular weight excluding hydrogens is 751 g/mol. The van der Waals surface area contributed by atoms with E-state index in [1.807, 2.05) is 6.08 Å². The second-order valence-electron chi connectivity index (χ2n) is 18.8. The standard InChI is InChI=1S/C56H107NO4/c1-3-5-7-9-11-13-15-16-17-18-19-20-21-22-23-24-25-26-27-28-29-30-31-32-33-34-35-36-37-38-39-41-43-45-47-49-51-55(60)56(61)57-53(52-58)54(59)50-48-46-44-42-40-14-12-10-8-6-4-2/h8,10,40,42,48,50,53-55,58-60H,3-7,9,11-39,41,43-47,49,51-52H2,1-2H3,(H,57,61)/b10-8+,42-40+,50-48+. The maximum atomic E-state index is 12.5. The van der Waals surface area contributed by atoms with Crippen LogP contribution in [0.2, 0.25) is 0 Å². The van der Waals surface area contributed by atoms with Crippen LogP contribution in [0, 0.1) is 0 Å². The van der Waals surface area contributed by atoms with Crippen molar-refractivity contribution >= 4 is 5.91 Å². The molecule has 0 rings (SSSR count). The van der Waals surface area contributed by atoms with Crippen LogP contribution in [0.1, 0.15) is 290 Å². The fourth-order valence-corrected chi connectivity index (χ4v) is 8.46. The van der Waals surface area contributed by atoms with Crippen molar-refractivity contribution in [2.45, 2.75) is 308 Å². The Balaban J connectivity index is 3.43. The van der Waals surface area contributed by atoms with E-state index in [1.165, 1.54) is 218 Å². The van der Waals surface area contributed by atoms with Gasteiger partial charge in [-0.3, -0.25) is 4.79 Å². The molecule has 0 saturated carbocycles. The van der Waals surface area contributed by atoms with Crippen LogP contribution in [0.15, 0.2) is 36.5 Å². The van der Waals surface area contributed by atoms with Gasteiger partial charge >= 0.3 is 0 Å². The molecule has 5 nitrogen and oxygen atoms in total. The van der Waals surface area contributed by atoms with Crippen LogP contribution in [0.4, 0.5) is 0 Å². The lowest BCUT2D eigenvalue weighted by atomic mass is 10.0. The Kier molecular flexibility index (Phi) is 50.0. The van der Waals surface area contributed by atoms with Crippen LogP contribution in [-0.2, 0) is 4.79 Å². The lowest BCUT2D eigenvalue weighted by molar-refractivity contribution is -0.131. The van der Waals surface area contributed by atoms with Crippen molar-refractivity contribution in [3.63, 3.8) is 0 Å². The van der Waals surface area contributed by atoms with Gasteiger partial charge in [-0.25, -0.2) is 0 Å². The Hall–Kier alpha value is -1.43. The SMILES string of the molecule is CCC/C=C/CC/C=C/CC/C=C/C(O)C(CO)NC(=O)C(O)CCCCCCCCCCCCCCCCCCCCCCCCCCCCCCCCCCCCCC. The molecule has 0 aliphatic carbocycles. The van der Waals surface area contributed by atoms with Gasteiger partial charge in [0.25, 0.3) is 0 Å². The Morgan fingerprint density at radius 1 is 0.393 bits per heavy atom. The number of hydrogen-bond acceptors (Lipinski definition) is 4. The van der Waals surface area contributed by atoms with Gasteiger partial charge < -0.3 is 20.6 Å². The second kappa shape index (κ2) is 51.2. The van der Waals surface area contributed by atoms with Gasteiger partial charge in [-0.1, -0.05) is 288 Å². The number of nitrogens with one attached hydrogen (secondary N) is 1. The quantitative estimate of drug-likeness (QED) is 0.0362. The number of aliphatic hydroxyl groups is 3. The van der Waals surface area contributed by atoms with Gasteiger partial charge in [-0.2, -0.15) is 0 Å². The number of aliphatic hydroxyl groups excluding tert-OH is 3. The Morgan fingerprint density at radius 2 is 0.672 bits per heavy atom. The summed E-state index contributed by atoms with van der Waals surface area (Å²) in [7, 11) is 0. The zero-order valence-corrected chi connectivity index (χ0v) is 41.1. The molecule has 0 fully saturated rings. The maximum Gasteiger partial charge on any atom is 0.249 e.